The Kier molecular flexibility index (Phi) is 1.32. The molecule has 3 aliphatic rings. The van der Waals surface area contributed by atoms with Gasteiger partial charge in [-0.25, -0.2) is 0 Å². The van der Waals surface area contributed by atoms with Crippen molar-refractivity contribution in [1.82, 2.24) is 0 Å². The van der Waals surface area contributed by atoms with Crippen LogP contribution in [0.5, 0.6) is 0 Å². The summed E-state index contributed by atoms with van der Waals surface area (Å²) in [5.41, 5.74) is -0.865. The third-order valence-electron chi connectivity index (χ3n) is 4.15. The highest BCUT2D eigenvalue weighted by Crippen LogP contribution is 2.61. The first kappa shape index (κ1) is 8.24. The Morgan fingerprint density at radius 1 is 1.42 bits per heavy atom. The third kappa shape index (κ3) is 0.717. The van der Waals surface area contributed by atoms with Crippen LogP contribution in [0.25, 0.3) is 0 Å². The number of aliphatic hydroxyl groups is 1. The molecule has 3 aliphatic carbocycles. The van der Waals surface area contributed by atoms with E-state index in [-0.39, 0.29) is 17.1 Å². The van der Waals surface area contributed by atoms with Crippen molar-refractivity contribution in [3.63, 3.8) is 0 Å². The van der Waals surface area contributed by atoms with Gasteiger partial charge in [-0.2, -0.15) is 0 Å². The van der Waals surface area contributed by atoms with Crippen LogP contribution in [0.2, 0.25) is 0 Å². The van der Waals surface area contributed by atoms with Crippen LogP contribution in [0.4, 0.5) is 0 Å². The van der Waals surface area contributed by atoms with Gasteiger partial charge in [0.15, 0.2) is 5.78 Å². The van der Waals surface area contributed by atoms with Gasteiger partial charge in [0.2, 0.25) is 0 Å². The summed E-state index contributed by atoms with van der Waals surface area (Å²) in [5.74, 6) is 0.759. The molecule has 0 aromatic carbocycles. The van der Waals surface area contributed by atoms with E-state index in [9.17, 15) is 9.90 Å². The molecule has 12 heavy (non-hydrogen) atoms. The second-order valence-corrected chi connectivity index (χ2v) is 5.08. The predicted molar refractivity (Wildman–Crippen MR) is 45.6 cm³/mol. The van der Waals surface area contributed by atoms with E-state index in [1.54, 1.807) is 6.92 Å². The van der Waals surface area contributed by atoms with E-state index in [0.717, 1.165) is 6.42 Å². The third-order valence-corrected chi connectivity index (χ3v) is 4.15. The Balaban J connectivity index is 2.33. The number of rotatable bonds is 0. The van der Waals surface area contributed by atoms with Gasteiger partial charge in [-0.3, -0.25) is 4.79 Å². The second kappa shape index (κ2) is 1.92. The number of fused-ring (bicyclic) bond motifs is 2. The molecule has 3 saturated carbocycles. The highest BCUT2D eigenvalue weighted by Gasteiger charge is 2.62. The van der Waals surface area contributed by atoms with E-state index in [1.807, 2.05) is 0 Å². The largest absolute Gasteiger partial charge is 0.382 e. The van der Waals surface area contributed by atoms with Gasteiger partial charge in [0, 0.05) is 12.3 Å². The molecular weight excluding hydrogens is 152 g/mol. The average Bonchev–Trinajstić information content (AvgIpc) is 1.93. The maximum absolute atomic E-state index is 11.4. The molecule has 2 heteroatoms. The molecule has 0 spiro atoms. The van der Waals surface area contributed by atoms with Gasteiger partial charge in [0.05, 0.1) is 0 Å². The molecule has 1 N–H and O–H groups in total. The predicted octanol–water partition coefficient (Wildman–Crippen LogP) is 1.37. The minimum absolute atomic E-state index is 0.0445. The molecule has 0 heterocycles. The quantitative estimate of drug-likeness (QED) is 0.593. The van der Waals surface area contributed by atoms with Crippen molar-refractivity contribution in [2.45, 2.75) is 39.2 Å². The van der Waals surface area contributed by atoms with Crippen LogP contribution in [0.3, 0.4) is 0 Å². The first-order chi connectivity index (χ1) is 5.37. The number of carbonyl (C=O) groups excluding carboxylic acids is 1. The first-order valence-corrected chi connectivity index (χ1v) is 4.62. The summed E-state index contributed by atoms with van der Waals surface area (Å²) in [5, 5.41) is 9.94. The van der Waals surface area contributed by atoms with Gasteiger partial charge < -0.3 is 5.11 Å². The topological polar surface area (TPSA) is 37.3 Å². The Morgan fingerprint density at radius 3 is 2.33 bits per heavy atom. The molecule has 2 bridgehead atoms. The van der Waals surface area contributed by atoms with E-state index < -0.39 is 5.60 Å². The van der Waals surface area contributed by atoms with Gasteiger partial charge in [0.25, 0.3) is 0 Å². The lowest BCUT2D eigenvalue weighted by molar-refractivity contribution is -0.196. The molecule has 0 saturated heterocycles. The summed E-state index contributed by atoms with van der Waals surface area (Å²) in [4.78, 5) is 11.4. The van der Waals surface area contributed by atoms with E-state index in [2.05, 4.69) is 13.8 Å². The lowest BCUT2D eigenvalue weighted by Crippen LogP contribution is -2.64. The maximum Gasteiger partial charge on any atom is 0.164 e. The fraction of sp³-hybridized carbons (Fsp3) is 0.900. The van der Waals surface area contributed by atoms with Crippen LogP contribution < -0.4 is 0 Å². The van der Waals surface area contributed by atoms with Crippen LogP contribution in [-0.2, 0) is 4.79 Å². The van der Waals surface area contributed by atoms with E-state index in [1.165, 1.54) is 0 Å². The highest BCUT2D eigenvalue weighted by molar-refractivity contribution is 5.89. The molecule has 3 atom stereocenters. The minimum Gasteiger partial charge on any atom is -0.382 e. The summed E-state index contributed by atoms with van der Waals surface area (Å²) in [6.45, 7) is 6.00. The van der Waals surface area contributed by atoms with Crippen LogP contribution in [0, 0.1) is 17.3 Å². The number of hydrogen-bond acceptors (Lipinski definition) is 2. The number of Topliss-reactive ketones (excluding diaryl/α,β-unsaturated/α-hetero) is 1. The van der Waals surface area contributed by atoms with Gasteiger partial charge in [-0.15, -0.1) is 0 Å². The molecule has 3 rings (SSSR count). The van der Waals surface area contributed by atoms with E-state index in [0.29, 0.717) is 12.3 Å². The Labute approximate surface area is 73.0 Å². The van der Waals surface area contributed by atoms with Crippen LogP contribution in [-0.4, -0.2) is 16.5 Å². The van der Waals surface area contributed by atoms with Gasteiger partial charge in [0.1, 0.15) is 5.60 Å². The van der Waals surface area contributed by atoms with Gasteiger partial charge in [-0.1, -0.05) is 13.8 Å². The normalized spacial score (nSPS) is 50.2. The second-order valence-electron chi connectivity index (χ2n) is 5.08. The highest BCUT2D eigenvalue weighted by atomic mass is 16.3. The molecule has 1 unspecified atom stereocenters. The fourth-order valence-electron chi connectivity index (χ4n) is 2.94. The van der Waals surface area contributed by atoms with Gasteiger partial charge in [-0.05, 0) is 24.7 Å². The van der Waals surface area contributed by atoms with Crippen LogP contribution in [0.15, 0.2) is 0 Å². The Hall–Kier alpha value is -0.370. The smallest absolute Gasteiger partial charge is 0.164 e. The monoisotopic (exact) mass is 168 g/mol. The summed E-state index contributed by atoms with van der Waals surface area (Å²) in [6, 6.07) is 0. The minimum atomic E-state index is -1.04. The lowest BCUT2D eigenvalue weighted by atomic mass is 9.44. The summed E-state index contributed by atoms with van der Waals surface area (Å²) in [7, 11) is 0. The first-order valence-electron chi connectivity index (χ1n) is 4.62. The fourth-order valence-corrected chi connectivity index (χ4v) is 2.94. The van der Waals surface area contributed by atoms with Gasteiger partial charge >= 0.3 is 0 Å². The number of ketones is 1. The standard InChI is InChI=1S/C10H16O2/c1-9(2)6-4-7(9)10(3,12)8(11)5-6/h6-7,12H,4-5H2,1-3H3/t6-,7-,10?/m1/s1. The summed E-state index contributed by atoms with van der Waals surface area (Å²) in [6.07, 6.45) is 1.61. The molecule has 2 nitrogen and oxygen atoms in total. The van der Waals surface area contributed by atoms with Crippen molar-refractivity contribution in [3.8, 4) is 0 Å². The van der Waals surface area contributed by atoms with Crippen molar-refractivity contribution in [2.24, 2.45) is 17.3 Å². The summed E-state index contributed by atoms with van der Waals surface area (Å²) < 4.78 is 0. The lowest BCUT2D eigenvalue weighted by Gasteiger charge is -2.61. The van der Waals surface area contributed by atoms with Crippen molar-refractivity contribution in [2.75, 3.05) is 0 Å². The SMILES string of the molecule is CC1(O)C(=O)C[C@H]2C[C@@H]1C2(C)C. The summed E-state index contributed by atoms with van der Waals surface area (Å²) >= 11 is 0. The van der Waals surface area contributed by atoms with Crippen LogP contribution >= 0.6 is 0 Å². The van der Waals surface area contributed by atoms with Crippen LogP contribution in [0.1, 0.15) is 33.6 Å². The zero-order chi connectivity index (χ0) is 9.15. The van der Waals surface area contributed by atoms with E-state index >= 15 is 0 Å². The van der Waals surface area contributed by atoms with E-state index in [4.69, 9.17) is 0 Å². The zero-order valence-electron chi connectivity index (χ0n) is 7.92. The molecule has 0 aromatic rings. The average molecular weight is 168 g/mol. The molecule has 68 valence electrons. The molecule has 0 amide bonds. The zero-order valence-corrected chi connectivity index (χ0v) is 7.92. The van der Waals surface area contributed by atoms with Crippen molar-refractivity contribution < 1.29 is 9.90 Å². The molecule has 0 aromatic heterocycles. The van der Waals surface area contributed by atoms with Crippen molar-refractivity contribution in [1.29, 1.82) is 0 Å². The van der Waals surface area contributed by atoms with Crippen molar-refractivity contribution >= 4 is 5.78 Å². The molecule has 0 radical (unpaired) electrons. The number of carbonyl (C=O) groups is 1. The number of hydrogen-bond donors (Lipinski definition) is 1. The van der Waals surface area contributed by atoms with Crippen molar-refractivity contribution in [3.05, 3.63) is 0 Å². The molecular formula is C10H16O2. The maximum atomic E-state index is 11.4. The Bertz CT molecular complexity index is 240. The Morgan fingerprint density at radius 2 is 2.00 bits per heavy atom. The molecule has 0 aliphatic heterocycles. The molecule has 3 fully saturated rings.